The van der Waals surface area contributed by atoms with Crippen molar-refractivity contribution in [2.75, 3.05) is 45.8 Å². The van der Waals surface area contributed by atoms with Gasteiger partial charge in [0.2, 0.25) is 0 Å². The number of carbonyl (C=O) groups excluding carboxylic acids is 1. The Balaban J connectivity index is 1.39. The Hall–Kier alpha value is -1.98. The van der Waals surface area contributed by atoms with Gasteiger partial charge in [-0.2, -0.15) is 0 Å². The van der Waals surface area contributed by atoms with Crippen molar-refractivity contribution in [3.63, 3.8) is 0 Å². The fourth-order valence-electron chi connectivity index (χ4n) is 4.56. The van der Waals surface area contributed by atoms with Crippen LogP contribution in [0.5, 0.6) is 0 Å². The topological polar surface area (TPSA) is 39.7 Å². The van der Waals surface area contributed by atoms with Crippen LogP contribution >= 0.6 is 0 Å². The van der Waals surface area contributed by atoms with Crippen molar-refractivity contribution in [3.8, 4) is 0 Å². The number of likely N-dealkylation sites (N-methyl/N-ethyl adjacent to an activating group) is 1. The summed E-state index contributed by atoms with van der Waals surface area (Å²) in [7, 11) is 0. The van der Waals surface area contributed by atoms with E-state index in [9.17, 15) is 4.79 Å². The van der Waals surface area contributed by atoms with Crippen molar-refractivity contribution >= 4 is 16.8 Å². The van der Waals surface area contributed by atoms with Crippen LogP contribution in [0.2, 0.25) is 0 Å². The molecule has 0 bridgehead atoms. The number of hydrogen-bond acceptors (Lipinski definition) is 4. The van der Waals surface area contributed by atoms with Crippen LogP contribution in [0.1, 0.15) is 36.5 Å². The second kappa shape index (κ2) is 8.36. The number of aromatic nitrogens is 1. The van der Waals surface area contributed by atoms with E-state index in [-0.39, 0.29) is 5.91 Å². The van der Waals surface area contributed by atoms with E-state index < -0.39 is 0 Å². The van der Waals surface area contributed by atoms with Crippen LogP contribution in [-0.4, -0.2) is 77.4 Å². The minimum Gasteiger partial charge on any atom is -0.337 e. The lowest BCUT2D eigenvalue weighted by molar-refractivity contribution is 0.0760. The monoisotopic (exact) mass is 366 g/mol. The largest absolute Gasteiger partial charge is 0.337 e. The van der Waals surface area contributed by atoms with Crippen molar-refractivity contribution in [2.24, 2.45) is 0 Å². The van der Waals surface area contributed by atoms with Gasteiger partial charge in [0.25, 0.3) is 5.91 Å². The Bertz CT molecular complexity index is 793. The Morgan fingerprint density at radius 1 is 1.11 bits per heavy atom. The molecule has 4 rings (SSSR count). The molecule has 3 heterocycles. The van der Waals surface area contributed by atoms with Gasteiger partial charge >= 0.3 is 0 Å². The van der Waals surface area contributed by atoms with Gasteiger partial charge in [-0.1, -0.05) is 13.0 Å². The SMILES string of the molecule is CCN1CCCC1CN1CCCN(C(=O)c2ccc3ncccc3c2)CC1. The van der Waals surface area contributed by atoms with Crippen LogP contribution in [0.25, 0.3) is 10.9 Å². The highest BCUT2D eigenvalue weighted by molar-refractivity contribution is 5.97. The van der Waals surface area contributed by atoms with Gasteiger partial charge in [0.15, 0.2) is 0 Å². The first-order valence-corrected chi connectivity index (χ1v) is 10.3. The molecular weight excluding hydrogens is 336 g/mol. The lowest BCUT2D eigenvalue weighted by Crippen LogP contribution is -2.42. The third kappa shape index (κ3) is 4.14. The number of rotatable bonds is 4. The first-order chi connectivity index (χ1) is 13.2. The van der Waals surface area contributed by atoms with E-state index >= 15 is 0 Å². The maximum Gasteiger partial charge on any atom is 0.253 e. The van der Waals surface area contributed by atoms with Gasteiger partial charge < -0.3 is 4.90 Å². The van der Waals surface area contributed by atoms with Gasteiger partial charge in [-0.05, 0) is 63.2 Å². The smallest absolute Gasteiger partial charge is 0.253 e. The van der Waals surface area contributed by atoms with E-state index in [1.807, 2.05) is 35.2 Å². The minimum atomic E-state index is 0.152. The molecule has 27 heavy (non-hydrogen) atoms. The average molecular weight is 367 g/mol. The van der Waals surface area contributed by atoms with Crippen LogP contribution in [0.15, 0.2) is 36.5 Å². The summed E-state index contributed by atoms with van der Waals surface area (Å²) in [6, 6.07) is 10.5. The summed E-state index contributed by atoms with van der Waals surface area (Å²) in [5.41, 5.74) is 1.71. The van der Waals surface area contributed by atoms with E-state index in [0.29, 0.717) is 6.04 Å². The zero-order valence-corrected chi connectivity index (χ0v) is 16.3. The lowest BCUT2D eigenvalue weighted by atomic mass is 10.1. The molecule has 0 N–H and O–H groups in total. The summed E-state index contributed by atoms with van der Waals surface area (Å²) >= 11 is 0. The molecule has 2 aromatic rings. The molecule has 0 saturated carbocycles. The number of hydrogen-bond donors (Lipinski definition) is 0. The summed E-state index contributed by atoms with van der Waals surface area (Å²) in [6.45, 7) is 9.56. The zero-order chi connectivity index (χ0) is 18.6. The average Bonchev–Trinajstić information content (AvgIpc) is 3.03. The molecule has 2 aliphatic rings. The summed E-state index contributed by atoms with van der Waals surface area (Å²) < 4.78 is 0. The number of nitrogens with zero attached hydrogens (tertiary/aromatic N) is 4. The van der Waals surface area contributed by atoms with Gasteiger partial charge in [-0.15, -0.1) is 0 Å². The molecule has 5 heteroatoms. The zero-order valence-electron chi connectivity index (χ0n) is 16.3. The summed E-state index contributed by atoms with van der Waals surface area (Å²) in [6.07, 6.45) is 5.49. The van der Waals surface area contributed by atoms with Gasteiger partial charge in [-0.25, -0.2) is 0 Å². The molecule has 1 unspecified atom stereocenters. The molecule has 5 nitrogen and oxygen atoms in total. The van der Waals surface area contributed by atoms with Crippen LogP contribution in [0.4, 0.5) is 0 Å². The maximum absolute atomic E-state index is 13.0. The highest BCUT2D eigenvalue weighted by Crippen LogP contribution is 2.19. The van der Waals surface area contributed by atoms with E-state index in [2.05, 4.69) is 21.7 Å². The quantitative estimate of drug-likeness (QED) is 0.834. The molecule has 1 aromatic carbocycles. The summed E-state index contributed by atoms with van der Waals surface area (Å²) in [4.78, 5) is 24.6. The third-order valence-corrected chi connectivity index (χ3v) is 6.10. The Kier molecular flexibility index (Phi) is 5.69. The standard InChI is InChI=1S/C22H30N4O/c1-2-25-12-4-7-20(25)17-24-11-5-13-26(15-14-24)22(27)19-8-9-21-18(16-19)6-3-10-23-21/h3,6,8-10,16,20H,2,4-5,7,11-15,17H2,1H3. The van der Waals surface area contributed by atoms with E-state index in [4.69, 9.17) is 0 Å². The molecule has 144 valence electrons. The van der Waals surface area contributed by atoms with E-state index in [0.717, 1.165) is 62.2 Å². The number of benzene rings is 1. The second-order valence-electron chi connectivity index (χ2n) is 7.78. The number of likely N-dealkylation sites (tertiary alicyclic amines) is 1. The Morgan fingerprint density at radius 3 is 2.93 bits per heavy atom. The first-order valence-electron chi connectivity index (χ1n) is 10.3. The Labute approximate surface area is 162 Å². The van der Waals surface area contributed by atoms with Crippen LogP contribution < -0.4 is 0 Å². The molecule has 1 atom stereocenters. The predicted molar refractivity (Wildman–Crippen MR) is 109 cm³/mol. The second-order valence-corrected chi connectivity index (χ2v) is 7.78. The van der Waals surface area contributed by atoms with E-state index in [1.165, 1.54) is 19.4 Å². The lowest BCUT2D eigenvalue weighted by Gasteiger charge is -2.29. The highest BCUT2D eigenvalue weighted by Gasteiger charge is 2.27. The van der Waals surface area contributed by atoms with Crippen molar-refractivity contribution in [2.45, 2.75) is 32.2 Å². The van der Waals surface area contributed by atoms with Crippen LogP contribution in [-0.2, 0) is 0 Å². The first kappa shape index (κ1) is 18.4. The maximum atomic E-state index is 13.0. The fraction of sp³-hybridized carbons (Fsp3) is 0.545. The molecule has 2 fully saturated rings. The van der Waals surface area contributed by atoms with Crippen molar-refractivity contribution in [3.05, 3.63) is 42.1 Å². The van der Waals surface area contributed by atoms with Gasteiger partial charge in [0, 0.05) is 49.4 Å². The molecular formula is C22H30N4O. The fourth-order valence-corrected chi connectivity index (χ4v) is 4.56. The molecule has 2 aliphatic heterocycles. The summed E-state index contributed by atoms with van der Waals surface area (Å²) in [5.74, 6) is 0.152. The van der Waals surface area contributed by atoms with Crippen LogP contribution in [0.3, 0.4) is 0 Å². The molecule has 1 aromatic heterocycles. The molecule has 0 aliphatic carbocycles. The number of carbonyl (C=O) groups is 1. The number of amides is 1. The van der Waals surface area contributed by atoms with Crippen molar-refractivity contribution in [1.82, 2.24) is 19.7 Å². The van der Waals surface area contributed by atoms with Crippen molar-refractivity contribution < 1.29 is 4.79 Å². The minimum absolute atomic E-state index is 0.152. The molecule has 2 saturated heterocycles. The third-order valence-electron chi connectivity index (χ3n) is 6.10. The van der Waals surface area contributed by atoms with E-state index in [1.54, 1.807) is 6.20 Å². The number of fused-ring (bicyclic) bond motifs is 1. The summed E-state index contributed by atoms with van der Waals surface area (Å²) in [5, 5.41) is 1.03. The van der Waals surface area contributed by atoms with Crippen LogP contribution in [0, 0.1) is 0 Å². The molecule has 0 radical (unpaired) electrons. The number of pyridine rings is 1. The predicted octanol–water partition coefficient (Wildman–Crippen LogP) is 2.87. The Morgan fingerprint density at radius 2 is 2.04 bits per heavy atom. The van der Waals surface area contributed by atoms with Gasteiger partial charge in [0.05, 0.1) is 5.52 Å². The highest BCUT2D eigenvalue weighted by atomic mass is 16.2. The normalized spacial score (nSPS) is 22.3. The van der Waals surface area contributed by atoms with Gasteiger partial charge in [-0.3, -0.25) is 19.6 Å². The van der Waals surface area contributed by atoms with Gasteiger partial charge in [0.1, 0.15) is 0 Å². The molecule has 0 spiro atoms. The molecule has 1 amide bonds. The van der Waals surface area contributed by atoms with Crippen molar-refractivity contribution in [1.29, 1.82) is 0 Å².